The fourth-order valence-corrected chi connectivity index (χ4v) is 2.26. The molecule has 3 rings (SSSR count). The average Bonchev–Trinajstić information content (AvgIpc) is 2.93. The van der Waals surface area contributed by atoms with Gasteiger partial charge in [-0.05, 0) is 29.4 Å². The van der Waals surface area contributed by atoms with Crippen molar-refractivity contribution in [2.75, 3.05) is 0 Å². The van der Waals surface area contributed by atoms with E-state index in [2.05, 4.69) is 10.2 Å². The summed E-state index contributed by atoms with van der Waals surface area (Å²) in [5, 5.41) is 3.42. The van der Waals surface area contributed by atoms with Gasteiger partial charge in [-0.2, -0.15) is 0 Å². The van der Waals surface area contributed by atoms with Crippen LogP contribution in [-0.2, 0) is 7.05 Å². The quantitative estimate of drug-likeness (QED) is 0.728. The topological polar surface area (TPSA) is 67.2 Å². The highest BCUT2D eigenvalue weighted by Gasteiger charge is 2.14. The number of hydrogen-bond acceptors (Lipinski definition) is 3. The maximum absolute atomic E-state index is 14.0. The van der Waals surface area contributed by atoms with E-state index in [1.54, 1.807) is 25.5 Å². The number of nitrogens with zero attached hydrogens (tertiary/aromatic N) is 2. The van der Waals surface area contributed by atoms with Gasteiger partial charge >= 0.3 is 0 Å². The SMILES string of the molecule is Cn1cc(-c2cc(N=O)ccc2F)c2cc[nH]c2c1=O. The average molecular weight is 271 g/mol. The Morgan fingerprint density at radius 2 is 2.05 bits per heavy atom. The number of nitroso groups, excluding NO2 is 1. The normalized spacial score (nSPS) is 10.9. The van der Waals surface area contributed by atoms with Crippen LogP contribution >= 0.6 is 0 Å². The van der Waals surface area contributed by atoms with Crippen LogP contribution in [0.4, 0.5) is 10.1 Å². The van der Waals surface area contributed by atoms with E-state index in [0.717, 1.165) is 0 Å². The van der Waals surface area contributed by atoms with Gasteiger partial charge < -0.3 is 9.55 Å². The number of halogens is 1. The summed E-state index contributed by atoms with van der Waals surface area (Å²) in [7, 11) is 1.59. The van der Waals surface area contributed by atoms with Gasteiger partial charge in [-0.25, -0.2) is 4.39 Å². The van der Waals surface area contributed by atoms with Gasteiger partial charge in [0.1, 0.15) is 17.0 Å². The van der Waals surface area contributed by atoms with Crippen molar-refractivity contribution in [3.05, 3.63) is 57.7 Å². The van der Waals surface area contributed by atoms with Crippen molar-refractivity contribution in [2.24, 2.45) is 12.2 Å². The number of fused-ring (bicyclic) bond motifs is 1. The molecule has 6 heteroatoms. The first kappa shape index (κ1) is 12.3. The fraction of sp³-hybridized carbons (Fsp3) is 0.0714. The van der Waals surface area contributed by atoms with Gasteiger partial charge in [0.15, 0.2) is 0 Å². The van der Waals surface area contributed by atoms with E-state index in [1.165, 1.54) is 22.8 Å². The molecule has 100 valence electrons. The van der Waals surface area contributed by atoms with Crippen LogP contribution < -0.4 is 5.56 Å². The standard InChI is InChI=1S/C14H10FN3O2/c1-18-7-11(9-4-5-16-13(9)14(18)19)10-6-8(17-20)2-3-12(10)15/h2-7,16H,1H3. The Kier molecular flexibility index (Phi) is 2.71. The van der Waals surface area contributed by atoms with E-state index in [0.29, 0.717) is 16.5 Å². The predicted octanol–water partition coefficient (Wildman–Crippen LogP) is 3.07. The molecule has 5 nitrogen and oxygen atoms in total. The second-order valence-corrected chi connectivity index (χ2v) is 4.48. The van der Waals surface area contributed by atoms with Crippen molar-refractivity contribution in [2.45, 2.75) is 0 Å². The Morgan fingerprint density at radius 1 is 1.25 bits per heavy atom. The molecule has 0 fully saturated rings. The molecule has 0 amide bonds. The van der Waals surface area contributed by atoms with Crippen LogP contribution in [0.1, 0.15) is 0 Å². The van der Waals surface area contributed by atoms with Gasteiger partial charge in [-0.1, -0.05) is 0 Å². The van der Waals surface area contributed by atoms with E-state index in [-0.39, 0.29) is 16.8 Å². The van der Waals surface area contributed by atoms with Crippen molar-refractivity contribution in [1.29, 1.82) is 0 Å². The Bertz CT molecular complexity index is 880. The Hall–Kier alpha value is -2.76. The largest absolute Gasteiger partial charge is 0.357 e. The second kappa shape index (κ2) is 4.41. The second-order valence-electron chi connectivity index (χ2n) is 4.48. The van der Waals surface area contributed by atoms with Crippen LogP contribution in [0, 0.1) is 10.7 Å². The predicted molar refractivity (Wildman–Crippen MR) is 74.4 cm³/mol. The van der Waals surface area contributed by atoms with Gasteiger partial charge in [0.2, 0.25) is 0 Å². The number of aromatic amines is 1. The molecule has 1 aromatic carbocycles. The maximum atomic E-state index is 14.0. The third-order valence-electron chi connectivity index (χ3n) is 3.24. The molecule has 1 N–H and O–H groups in total. The van der Waals surface area contributed by atoms with E-state index >= 15 is 0 Å². The summed E-state index contributed by atoms with van der Waals surface area (Å²) in [4.78, 5) is 25.4. The van der Waals surface area contributed by atoms with Gasteiger partial charge in [0, 0.05) is 36.0 Å². The molecule has 2 aromatic heterocycles. The Balaban J connectivity index is 2.40. The molecule has 3 aromatic rings. The number of rotatable bonds is 2. The van der Waals surface area contributed by atoms with E-state index in [9.17, 15) is 14.1 Å². The minimum atomic E-state index is -0.474. The molecule has 0 radical (unpaired) electrons. The number of benzene rings is 1. The molecular weight excluding hydrogens is 261 g/mol. The number of pyridine rings is 1. The molecule has 0 saturated carbocycles. The zero-order valence-corrected chi connectivity index (χ0v) is 10.6. The number of H-pyrrole nitrogens is 1. The highest BCUT2D eigenvalue weighted by molar-refractivity contribution is 5.94. The fourth-order valence-electron chi connectivity index (χ4n) is 2.26. The number of aryl methyl sites for hydroxylation is 1. The summed E-state index contributed by atoms with van der Waals surface area (Å²) in [6.45, 7) is 0. The number of nitrogens with one attached hydrogen (secondary N) is 1. The first-order valence-electron chi connectivity index (χ1n) is 5.92. The molecular formula is C14H10FN3O2. The summed E-state index contributed by atoms with van der Waals surface area (Å²) in [5.74, 6) is -0.474. The zero-order chi connectivity index (χ0) is 14.3. The first-order chi connectivity index (χ1) is 9.61. The molecule has 0 spiro atoms. The lowest BCUT2D eigenvalue weighted by Crippen LogP contribution is -2.16. The van der Waals surface area contributed by atoms with Gasteiger partial charge in [0.25, 0.3) is 5.56 Å². The van der Waals surface area contributed by atoms with Gasteiger partial charge in [0.05, 0.1) is 0 Å². The van der Waals surface area contributed by atoms with Crippen molar-refractivity contribution >= 4 is 16.6 Å². The highest BCUT2D eigenvalue weighted by atomic mass is 19.1. The molecule has 0 aliphatic carbocycles. The molecule has 0 saturated heterocycles. The molecule has 0 bridgehead atoms. The summed E-state index contributed by atoms with van der Waals surface area (Å²) in [6.07, 6.45) is 3.17. The van der Waals surface area contributed by atoms with Gasteiger partial charge in [-0.3, -0.25) is 4.79 Å². The van der Waals surface area contributed by atoms with Crippen molar-refractivity contribution in [3.63, 3.8) is 0 Å². The van der Waals surface area contributed by atoms with Crippen molar-refractivity contribution < 1.29 is 4.39 Å². The summed E-state index contributed by atoms with van der Waals surface area (Å²) in [5.41, 5.74) is 1.11. The Morgan fingerprint density at radius 3 is 2.80 bits per heavy atom. The molecule has 0 unspecified atom stereocenters. The summed E-state index contributed by atoms with van der Waals surface area (Å²) >= 11 is 0. The third-order valence-corrected chi connectivity index (χ3v) is 3.24. The van der Waals surface area contributed by atoms with Gasteiger partial charge in [-0.15, -0.1) is 4.91 Å². The highest BCUT2D eigenvalue weighted by Crippen LogP contribution is 2.31. The maximum Gasteiger partial charge on any atom is 0.274 e. The summed E-state index contributed by atoms with van der Waals surface area (Å²) in [6, 6.07) is 5.57. The molecule has 0 atom stereocenters. The van der Waals surface area contributed by atoms with E-state index in [4.69, 9.17) is 0 Å². The minimum absolute atomic E-state index is 0.138. The lowest BCUT2D eigenvalue weighted by molar-refractivity contribution is 0.631. The third kappa shape index (κ3) is 1.73. The zero-order valence-electron chi connectivity index (χ0n) is 10.6. The number of aromatic nitrogens is 2. The van der Waals surface area contributed by atoms with Crippen LogP contribution in [0.15, 0.2) is 46.6 Å². The summed E-state index contributed by atoms with van der Waals surface area (Å²) < 4.78 is 15.4. The van der Waals surface area contributed by atoms with Crippen LogP contribution in [0.5, 0.6) is 0 Å². The van der Waals surface area contributed by atoms with Crippen molar-refractivity contribution in [1.82, 2.24) is 9.55 Å². The molecule has 0 aliphatic heterocycles. The lowest BCUT2D eigenvalue weighted by Gasteiger charge is -2.08. The van der Waals surface area contributed by atoms with Crippen LogP contribution in [0.2, 0.25) is 0 Å². The smallest absolute Gasteiger partial charge is 0.274 e. The lowest BCUT2D eigenvalue weighted by atomic mass is 10.0. The first-order valence-corrected chi connectivity index (χ1v) is 5.92. The van der Waals surface area contributed by atoms with Crippen LogP contribution in [-0.4, -0.2) is 9.55 Å². The molecule has 20 heavy (non-hydrogen) atoms. The number of hydrogen-bond donors (Lipinski definition) is 1. The van der Waals surface area contributed by atoms with E-state index < -0.39 is 5.82 Å². The Labute approximate surface area is 112 Å². The van der Waals surface area contributed by atoms with Crippen LogP contribution in [0.3, 0.4) is 0 Å². The van der Waals surface area contributed by atoms with Crippen molar-refractivity contribution in [3.8, 4) is 11.1 Å². The minimum Gasteiger partial charge on any atom is -0.357 e. The monoisotopic (exact) mass is 271 g/mol. The van der Waals surface area contributed by atoms with Crippen LogP contribution in [0.25, 0.3) is 22.0 Å². The molecule has 2 heterocycles. The molecule has 0 aliphatic rings. The van der Waals surface area contributed by atoms with E-state index in [1.807, 2.05) is 0 Å².